The average Bonchev–Trinajstić information content (AvgIpc) is 2.18. The Bertz CT molecular complexity index is 296. The van der Waals surface area contributed by atoms with Gasteiger partial charge >= 0.3 is 0 Å². The molecule has 0 radical (unpaired) electrons. The van der Waals surface area contributed by atoms with Crippen molar-refractivity contribution in [1.82, 2.24) is 4.72 Å². The third-order valence-corrected chi connectivity index (χ3v) is 5.16. The highest BCUT2D eigenvalue weighted by molar-refractivity contribution is 7.90. The topological polar surface area (TPSA) is 55.4 Å². The Morgan fingerprint density at radius 3 is 2.33 bits per heavy atom. The van der Waals surface area contributed by atoms with E-state index in [1.54, 1.807) is 13.8 Å². The van der Waals surface area contributed by atoms with Gasteiger partial charge in [0.25, 0.3) is 0 Å². The molecule has 0 aromatic heterocycles. The van der Waals surface area contributed by atoms with E-state index in [0.29, 0.717) is 31.9 Å². The van der Waals surface area contributed by atoms with Crippen LogP contribution in [0.15, 0.2) is 0 Å². The molecule has 1 heterocycles. The van der Waals surface area contributed by atoms with Crippen molar-refractivity contribution in [3.63, 3.8) is 0 Å². The van der Waals surface area contributed by atoms with Gasteiger partial charge in [0.1, 0.15) is 0 Å². The number of halogens is 1. The van der Waals surface area contributed by atoms with Crippen LogP contribution in [-0.2, 0) is 14.8 Å². The first-order valence-corrected chi connectivity index (χ1v) is 7.16. The number of hydrogen-bond donors (Lipinski definition) is 1. The number of hydrogen-bond acceptors (Lipinski definition) is 3. The van der Waals surface area contributed by atoms with Gasteiger partial charge in [-0.2, -0.15) is 0 Å². The van der Waals surface area contributed by atoms with E-state index < -0.39 is 20.8 Å². The van der Waals surface area contributed by atoms with Crippen LogP contribution in [0.5, 0.6) is 0 Å². The summed E-state index contributed by atoms with van der Waals surface area (Å²) in [6.45, 7) is 4.44. The molecular weight excluding hydrogens is 238 g/mol. The first-order valence-electron chi connectivity index (χ1n) is 5.08. The summed E-state index contributed by atoms with van der Waals surface area (Å²) in [6, 6.07) is 0. The van der Waals surface area contributed by atoms with Crippen molar-refractivity contribution in [2.75, 3.05) is 19.1 Å². The fourth-order valence-corrected chi connectivity index (χ4v) is 2.97. The van der Waals surface area contributed by atoms with Crippen LogP contribution in [0.25, 0.3) is 0 Å². The number of rotatable bonds is 4. The predicted molar refractivity (Wildman–Crippen MR) is 60.7 cm³/mol. The highest BCUT2D eigenvalue weighted by Gasteiger charge is 2.36. The SMILES string of the molecule is CC(C)S(=O)(=O)NC1(CCl)CCOCC1. The van der Waals surface area contributed by atoms with Crippen LogP contribution in [0.1, 0.15) is 26.7 Å². The van der Waals surface area contributed by atoms with Crippen LogP contribution >= 0.6 is 11.6 Å². The van der Waals surface area contributed by atoms with E-state index >= 15 is 0 Å². The molecule has 0 aromatic rings. The first-order chi connectivity index (χ1) is 6.92. The van der Waals surface area contributed by atoms with Gasteiger partial charge in [-0.05, 0) is 26.7 Å². The number of ether oxygens (including phenoxy) is 1. The molecule has 90 valence electrons. The van der Waals surface area contributed by atoms with Crippen molar-refractivity contribution in [1.29, 1.82) is 0 Å². The van der Waals surface area contributed by atoms with Gasteiger partial charge in [0, 0.05) is 19.1 Å². The molecule has 6 heteroatoms. The van der Waals surface area contributed by atoms with Gasteiger partial charge in [0.15, 0.2) is 0 Å². The fourth-order valence-electron chi connectivity index (χ4n) is 1.44. The summed E-state index contributed by atoms with van der Waals surface area (Å²) in [5, 5.41) is -0.430. The molecule has 0 spiro atoms. The van der Waals surface area contributed by atoms with Gasteiger partial charge in [-0.1, -0.05) is 0 Å². The van der Waals surface area contributed by atoms with Crippen LogP contribution in [0.3, 0.4) is 0 Å². The monoisotopic (exact) mass is 255 g/mol. The second-order valence-corrected chi connectivity index (χ2v) is 6.73. The summed E-state index contributed by atoms with van der Waals surface area (Å²) in [5.41, 5.74) is -0.511. The van der Waals surface area contributed by atoms with Gasteiger partial charge in [-0.25, -0.2) is 13.1 Å². The molecule has 0 unspecified atom stereocenters. The van der Waals surface area contributed by atoms with Crippen molar-refractivity contribution in [2.45, 2.75) is 37.5 Å². The largest absolute Gasteiger partial charge is 0.381 e. The molecule has 0 bridgehead atoms. The third-order valence-electron chi connectivity index (χ3n) is 2.69. The lowest BCUT2D eigenvalue weighted by Gasteiger charge is -2.36. The minimum atomic E-state index is -3.26. The molecular formula is C9H18ClNO3S. The van der Waals surface area contributed by atoms with Crippen LogP contribution in [0.2, 0.25) is 0 Å². The van der Waals surface area contributed by atoms with Crippen molar-refractivity contribution in [2.24, 2.45) is 0 Å². The molecule has 1 rings (SSSR count). The second kappa shape index (κ2) is 4.99. The number of sulfonamides is 1. The van der Waals surface area contributed by atoms with E-state index in [-0.39, 0.29) is 0 Å². The average molecular weight is 256 g/mol. The Morgan fingerprint density at radius 1 is 1.40 bits per heavy atom. The molecule has 0 aromatic carbocycles. The molecule has 1 aliphatic heterocycles. The highest BCUT2D eigenvalue weighted by Crippen LogP contribution is 2.23. The maximum absolute atomic E-state index is 11.8. The van der Waals surface area contributed by atoms with Crippen LogP contribution in [0.4, 0.5) is 0 Å². The van der Waals surface area contributed by atoms with Crippen molar-refractivity contribution >= 4 is 21.6 Å². The third kappa shape index (κ3) is 3.31. The molecule has 1 saturated heterocycles. The molecule has 1 N–H and O–H groups in total. The lowest BCUT2D eigenvalue weighted by Crippen LogP contribution is -2.54. The van der Waals surface area contributed by atoms with Crippen molar-refractivity contribution in [3.8, 4) is 0 Å². The second-order valence-electron chi connectivity index (χ2n) is 4.22. The lowest BCUT2D eigenvalue weighted by atomic mass is 9.94. The molecule has 0 amide bonds. The molecule has 0 aliphatic carbocycles. The molecule has 1 fully saturated rings. The smallest absolute Gasteiger partial charge is 0.214 e. The highest BCUT2D eigenvalue weighted by atomic mass is 35.5. The van der Waals surface area contributed by atoms with E-state index in [0.717, 1.165) is 0 Å². The minimum Gasteiger partial charge on any atom is -0.381 e. The predicted octanol–water partition coefficient (Wildman–Crippen LogP) is 1.10. The summed E-state index contributed by atoms with van der Waals surface area (Å²) < 4.78 is 31.4. The van der Waals surface area contributed by atoms with Gasteiger partial charge in [0.05, 0.1) is 10.8 Å². The summed E-state index contributed by atoms with van der Waals surface area (Å²) >= 11 is 5.87. The fraction of sp³-hybridized carbons (Fsp3) is 1.00. The first kappa shape index (κ1) is 13.2. The Morgan fingerprint density at radius 2 is 1.93 bits per heavy atom. The van der Waals surface area contributed by atoms with Gasteiger partial charge in [-0.3, -0.25) is 0 Å². The Balaban J connectivity index is 2.76. The number of nitrogens with one attached hydrogen (secondary N) is 1. The summed E-state index contributed by atoms with van der Waals surface area (Å²) in [6.07, 6.45) is 1.28. The quantitative estimate of drug-likeness (QED) is 0.766. The zero-order valence-corrected chi connectivity index (χ0v) is 10.7. The van der Waals surface area contributed by atoms with Gasteiger partial charge < -0.3 is 4.74 Å². The van der Waals surface area contributed by atoms with Crippen LogP contribution in [0, 0.1) is 0 Å². The molecule has 15 heavy (non-hydrogen) atoms. The summed E-state index contributed by atoms with van der Waals surface area (Å²) in [5.74, 6) is 0.294. The number of alkyl halides is 1. The van der Waals surface area contributed by atoms with E-state index in [9.17, 15) is 8.42 Å². The maximum atomic E-state index is 11.8. The Kier molecular flexibility index (Phi) is 4.40. The van der Waals surface area contributed by atoms with E-state index in [1.165, 1.54) is 0 Å². The molecule has 0 atom stereocenters. The van der Waals surface area contributed by atoms with Gasteiger partial charge in [0.2, 0.25) is 10.0 Å². The Labute approximate surface area is 96.4 Å². The maximum Gasteiger partial charge on any atom is 0.214 e. The van der Waals surface area contributed by atoms with Crippen LogP contribution in [-0.4, -0.2) is 38.3 Å². The van der Waals surface area contributed by atoms with E-state index in [1.807, 2.05) is 0 Å². The summed E-state index contributed by atoms with van der Waals surface area (Å²) in [7, 11) is -3.26. The molecule has 0 saturated carbocycles. The normalized spacial score (nSPS) is 21.9. The van der Waals surface area contributed by atoms with E-state index in [4.69, 9.17) is 16.3 Å². The zero-order valence-electron chi connectivity index (χ0n) is 9.12. The van der Waals surface area contributed by atoms with Crippen molar-refractivity contribution in [3.05, 3.63) is 0 Å². The Hall–Kier alpha value is 0.160. The summed E-state index contributed by atoms with van der Waals surface area (Å²) in [4.78, 5) is 0. The van der Waals surface area contributed by atoms with Crippen molar-refractivity contribution < 1.29 is 13.2 Å². The molecule has 1 aliphatic rings. The lowest BCUT2D eigenvalue weighted by molar-refractivity contribution is 0.0548. The molecule has 4 nitrogen and oxygen atoms in total. The zero-order chi connectivity index (χ0) is 11.5. The minimum absolute atomic E-state index is 0.294. The standard InChI is InChI=1S/C9H18ClNO3S/c1-8(2)15(12,13)11-9(7-10)3-5-14-6-4-9/h8,11H,3-7H2,1-2H3. The van der Waals surface area contributed by atoms with Gasteiger partial charge in [-0.15, -0.1) is 11.6 Å². The van der Waals surface area contributed by atoms with Crippen LogP contribution < -0.4 is 4.72 Å². The van der Waals surface area contributed by atoms with E-state index in [2.05, 4.69) is 4.72 Å².